The number of fused-ring (bicyclic) bond motifs is 1. The molecule has 0 atom stereocenters. The molecule has 7 heteroatoms. The van der Waals surface area contributed by atoms with Crippen LogP contribution in [-0.2, 0) is 17.6 Å². The maximum absolute atomic E-state index is 12.6. The highest BCUT2D eigenvalue weighted by molar-refractivity contribution is 6.30. The third kappa shape index (κ3) is 4.54. The average molecular weight is 423 g/mol. The van der Waals surface area contributed by atoms with Crippen molar-refractivity contribution in [2.45, 2.75) is 32.1 Å². The number of hydrogen-bond acceptors (Lipinski definition) is 3. The van der Waals surface area contributed by atoms with E-state index in [1.807, 2.05) is 35.0 Å². The second-order valence-corrected chi connectivity index (χ2v) is 7.73. The Morgan fingerprint density at radius 3 is 2.57 bits per heavy atom. The Morgan fingerprint density at radius 1 is 1.03 bits per heavy atom. The summed E-state index contributed by atoms with van der Waals surface area (Å²) in [5, 5.41) is 11.2. The van der Waals surface area contributed by atoms with E-state index in [0.29, 0.717) is 30.0 Å². The summed E-state index contributed by atoms with van der Waals surface area (Å²) in [6.45, 7) is 0.422. The molecule has 0 saturated heterocycles. The molecule has 0 fully saturated rings. The van der Waals surface area contributed by atoms with Gasteiger partial charge in [-0.15, -0.1) is 0 Å². The molecule has 30 heavy (non-hydrogen) atoms. The van der Waals surface area contributed by atoms with Crippen molar-refractivity contribution < 1.29 is 9.59 Å². The van der Waals surface area contributed by atoms with Gasteiger partial charge in [-0.25, -0.2) is 4.68 Å². The molecule has 0 bridgehead atoms. The number of aromatic nitrogens is 2. The number of halogens is 1. The number of anilines is 1. The Kier molecular flexibility index (Phi) is 6.14. The van der Waals surface area contributed by atoms with Crippen LogP contribution in [0.25, 0.3) is 5.69 Å². The molecule has 0 spiro atoms. The monoisotopic (exact) mass is 422 g/mol. The van der Waals surface area contributed by atoms with Crippen molar-refractivity contribution >= 4 is 29.2 Å². The molecular weight excluding hydrogens is 400 g/mol. The quantitative estimate of drug-likeness (QED) is 0.561. The largest absolute Gasteiger partial charge is 0.352 e. The Morgan fingerprint density at radius 2 is 1.80 bits per heavy atom. The highest BCUT2D eigenvalue weighted by Crippen LogP contribution is 2.31. The summed E-state index contributed by atoms with van der Waals surface area (Å²) in [5.41, 5.74) is 3.66. The second-order valence-electron chi connectivity index (χ2n) is 7.29. The summed E-state index contributed by atoms with van der Waals surface area (Å²) in [6.07, 6.45) is 3.79. The first-order chi connectivity index (χ1) is 14.6. The predicted octanol–water partition coefficient (Wildman–Crippen LogP) is 4.16. The van der Waals surface area contributed by atoms with Crippen molar-refractivity contribution in [3.05, 3.63) is 76.4 Å². The zero-order chi connectivity index (χ0) is 20.9. The Balaban J connectivity index is 1.33. The van der Waals surface area contributed by atoms with Gasteiger partial charge in [0.25, 0.3) is 5.91 Å². The van der Waals surface area contributed by atoms with Gasteiger partial charge in [-0.3, -0.25) is 9.59 Å². The first-order valence-corrected chi connectivity index (χ1v) is 10.5. The molecule has 154 valence electrons. The molecule has 1 heterocycles. The van der Waals surface area contributed by atoms with E-state index >= 15 is 0 Å². The van der Waals surface area contributed by atoms with Gasteiger partial charge in [0.2, 0.25) is 5.91 Å². The first-order valence-electron chi connectivity index (χ1n) is 10.1. The predicted molar refractivity (Wildman–Crippen MR) is 117 cm³/mol. The van der Waals surface area contributed by atoms with Gasteiger partial charge in [-0.05, 0) is 62.1 Å². The van der Waals surface area contributed by atoms with Crippen LogP contribution in [0.1, 0.15) is 40.9 Å². The van der Waals surface area contributed by atoms with Gasteiger partial charge in [0.05, 0.1) is 11.4 Å². The molecule has 1 aliphatic carbocycles. The van der Waals surface area contributed by atoms with E-state index in [0.717, 1.165) is 42.0 Å². The molecule has 1 aliphatic rings. The van der Waals surface area contributed by atoms with Crippen molar-refractivity contribution in [1.29, 1.82) is 0 Å². The fourth-order valence-corrected chi connectivity index (χ4v) is 3.75. The van der Waals surface area contributed by atoms with Gasteiger partial charge in [0, 0.05) is 29.1 Å². The lowest BCUT2D eigenvalue weighted by atomic mass is 10.2. The van der Waals surface area contributed by atoms with Gasteiger partial charge in [0.15, 0.2) is 0 Å². The summed E-state index contributed by atoms with van der Waals surface area (Å²) in [4.78, 5) is 24.7. The minimum absolute atomic E-state index is 0.0810. The second kappa shape index (κ2) is 9.13. The zero-order valence-corrected chi connectivity index (χ0v) is 17.3. The van der Waals surface area contributed by atoms with E-state index in [1.54, 1.807) is 24.3 Å². The van der Waals surface area contributed by atoms with Crippen molar-refractivity contribution in [3.8, 4) is 5.69 Å². The number of rotatable bonds is 7. The van der Waals surface area contributed by atoms with Crippen molar-refractivity contribution in [3.63, 3.8) is 0 Å². The van der Waals surface area contributed by atoms with E-state index in [1.165, 1.54) is 0 Å². The number of carbonyl (C=O) groups is 2. The lowest BCUT2D eigenvalue weighted by Gasteiger charge is -2.11. The van der Waals surface area contributed by atoms with E-state index in [9.17, 15) is 9.59 Å². The molecule has 0 aliphatic heterocycles. The molecule has 2 N–H and O–H groups in total. The summed E-state index contributed by atoms with van der Waals surface area (Å²) >= 11 is 5.84. The topological polar surface area (TPSA) is 76.0 Å². The Labute approximate surface area is 180 Å². The molecule has 4 rings (SSSR count). The van der Waals surface area contributed by atoms with Crippen LogP contribution in [0.3, 0.4) is 0 Å². The molecular formula is C23H23ClN4O2. The average Bonchev–Trinajstić information content (AvgIpc) is 3.35. The third-order valence-corrected chi connectivity index (χ3v) is 5.39. The molecule has 1 aromatic heterocycles. The van der Waals surface area contributed by atoms with Gasteiger partial charge in [-0.1, -0.05) is 29.8 Å². The van der Waals surface area contributed by atoms with Gasteiger partial charge in [0.1, 0.15) is 5.82 Å². The molecule has 0 unspecified atom stereocenters. The summed E-state index contributed by atoms with van der Waals surface area (Å²) in [6, 6.07) is 16.5. The highest BCUT2D eigenvalue weighted by atomic mass is 35.5. The van der Waals surface area contributed by atoms with Gasteiger partial charge < -0.3 is 10.6 Å². The Bertz CT molecular complexity index is 1050. The van der Waals surface area contributed by atoms with Gasteiger partial charge >= 0.3 is 0 Å². The maximum Gasteiger partial charge on any atom is 0.251 e. The summed E-state index contributed by atoms with van der Waals surface area (Å²) in [7, 11) is 0. The minimum atomic E-state index is -0.174. The van der Waals surface area contributed by atoms with Crippen molar-refractivity contribution in [2.75, 3.05) is 11.9 Å². The SMILES string of the molecule is O=C(CCCNC(=O)c1ccc(Cl)cc1)Nc1c2c(nn1-c1ccccc1)CCC2. The minimum Gasteiger partial charge on any atom is -0.352 e. The molecule has 0 radical (unpaired) electrons. The Hall–Kier alpha value is -3.12. The van der Waals surface area contributed by atoms with Crippen LogP contribution >= 0.6 is 11.6 Å². The molecule has 6 nitrogen and oxygen atoms in total. The van der Waals surface area contributed by atoms with Crippen molar-refractivity contribution in [2.24, 2.45) is 0 Å². The molecule has 0 saturated carbocycles. The molecule has 2 amide bonds. The van der Waals surface area contributed by atoms with Gasteiger partial charge in [-0.2, -0.15) is 5.10 Å². The number of nitrogens with one attached hydrogen (secondary N) is 2. The van der Waals surface area contributed by atoms with Crippen LogP contribution in [-0.4, -0.2) is 28.1 Å². The van der Waals surface area contributed by atoms with Crippen molar-refractivity contribution in [1.82, 2.24) is 15.1 Å². The van der Waals surface area contributed by atoms with Crippen LogP contribution in [0.15, 0.2) is 54.6 Å². The van der Waals surface area contributed by atoms with Crippen LogP contribution in [0, 0.1) is 0 Å². The number of nitrogens with zero attached hydrogens (tertiary/aromatic N) is 2. The maximum atomic E-state index is 12.6. The number of amides is 2. The van der Waals surface area contributed by atoms with E-state index in [-0.39, 0.29) is 11.8 Å². The van der Waals surface area contributed by atoms with Crippen LogP contribution in [0.4, 0.5) is 5.82 Å². The smallest absolute Gasteiger partial charge is 0.251 e. The number of benzene rings is 2. The lowest BCUT2D eigenvalue weighted by molar-refractivity contribution is -0.116. The zero-order valence-electron chi connectivity index (χ0n) is 16.5. The lowest BCUT2D eigenvalue weighted by Crippen LogP contribution is -2.25. The van der Waals surface area contributed by atoms with E-state index in [2.05, 4.69) is 10.6 Å². The third-order valence-electron chi connectivity index (χ3n) is 5.14. The molecule has 2 aromatic carbocycles. The van der Waals surface area contributed by atoms with Crippen LogP contribution in [0.5, 0.6) is 0 Å². The number of hydrogen-bond donors (Lipinski definition) is 2. The number of para-hydroxylation sites is 1. The number of aryl methyl sites for hydroxylation is 1. The van der Waals surface area contributed by atoms with Crippen LogP contribution in [0.2, 0.25) is 5.02 Å². The summed E-state index contributed by atoms with van der Waals surface area (Å²) in [5.74, 6) is 0.512. The van der Waals surface area contributed by atoms with E-state index in [4.69, 9.17) is 16.7 Å². The fourth-order valence-electron chi connectivity index (χ4n) is 3.62. The van der Waals surface area contributed by atoms with Crippen LogP contribution < -0.4 is 10.6 Å². The highest BCUT2D eigenvalue weighted by Gasteiger charge is 2.24. The fraction of sp³-hybridized carbons (Fsp3) is 0.261. The summed E-state index contributed by atoms with van der Waals surface area (Å²) < 4.78 is 1.82. The van der Waals surface area contributed by atoms with E-state index < -0.39 is 0 Å². The molecule has 3 aromatic rings. The first kappa shape index (κ1) is 20.2. The normalized spacial score (nSPS) is 12.4. The standard InChI is InChI=1S/C23H23ClN4O2/c24-17-13-11-16(12-14-17)23(30)25-15-5-10-21(29)26-22-19-8-4-9-20(19)27-28(22)18-6-2-1-3-7-18/h1-3,6-7,11-14H,4-5,8-10,15H2,(H,25,30)(H,26,29). The number of carbonyl (C=O) groups excluding carboxylic acids is 2.